The van der Waals surface area contributed by atoms with Gasteiger partial charge >= 0.3 is 6.01 Å². The minimum absolute atomic E-state index is 0.172. The van der Waals surface area contributed by atoms with E-state index in [9.17, 15) is 4.79 Å². The van der Waals surface area contributed by atoms with Gasteiger partial charge in [-0.1, -0.05) is 97.1 Å². The summed E-state index contributed by atoms with van der Waals surface area (Å²) < 4.78 is 6.02. The van der Waals surface area contributed by atoms with E-state index in [0.29, 0.717) is 17.0 Å². The van der Waals surface area contributed by atoms with Crippen molar-refractivity contribution in [2.45, 2.75) is 0 Å². The Hall–Kier alpha value is -4.18. The lowest BCUT2D eigenvalue weighted by atomic mass is 10.0. The summed E-state index contributed by atoms with van der Waals surface area (Å²) in [7, 11) is 0. The predicted molar refractivity (Wildman–Crippen MR) is 119 cm³/mol. The molecule has 0 spiro atoms. The fraction of sp³-hybridized carbons (Fsp3) is 0. The van der Waals surface area contributed by atoms with Crippen molar-refractivity contribution in [3.05, 3.63) is 109 Å². The van der Waals surface area contributed by atoms with Gasteiger partial charge in [0.25, 0.3) is 5.91 Å². The van der Waals surface area contributed by atoms with E-state index in [0.717, 1.165) is 21.9 Å². The van der Waals surface area contributed by atoms with Gasteiger partial charge in [0.2, 0.25) is 0 Å². The van der Waals surface area contributed by atoms with Crippen molar-refractivity contribution in [1.29, 1.82) is 0 Å². The van der Waals surface area contributed by atoms with Crippen LogP contribution < -0.4 is 5.32 Å². The molecule has 4 heteroatoms. The van der Waals surface area contributed by atoms with Crippen molar-refractivity contribution in [1.82, 2.24) is 4.98 Å². The van der Waals surface area contributed by atoms with Crippen LogP contribution in [-0.4, -0.2) is 10.9 Å². The van der Waals surface area contributed by atoms with Gasteiger partial charge in [-0.3, -0.25) is 10.1 Å². The number of carbonyl (C=O) groups is 1. The molecule has 0 unspecified atom stereocenters. The first-order valence-electron chi connectivity index (χ1n) is 9.70. The number of nitrogens with one attached hydrogen (secondary N) is 1. The SMILES string of the molecule is O=C(Nc1nc(-c2ccccc2)c(-c2ccccc2)o1)c1cccc2ccccc12. The molecule has 4 nitrogen and oxygen atoms in total. The van der Waals surface area contributed by atoms with Gasteiger partial charge in [0.15, 0.2) is 5.76 Å². The quantitative estimate of drug-likeness (QED) is 0.385. The molecule has 0 atom stereocenters. The second-order valence-corrected chi connectivity index (χ2v) is 6.91. The van der Waals surface area contributed by atoms with Gasteiger partial charge < -0.3 is 4.42 Å². The molecule has 0 bridgehead atoms. The molecule has 0 saturated carbocycles. The number of hydrogen-bond donors (Lipinski definition) is 1. The lowest BCUT2D eigenvalue weighted by Gasteiger charge is -2.05. The molecule has 0 aliphatic carbocycles. The highest BCUT2D eigenvalue weighted by atomic mass is 16.4. The topological polar surface area (TPSA) is 55.1 Å². The highest BCUT2D eigenvalue weighted by Crippen LogP contribution is 2.34. The number of oxazole rings is 1. The fourth-order valence-corrected chi connectivity index (χ4v) is 3.54. The van der Waals surface area contributed by atoms with E-state index in [2.05, 4.69) is 10.3 Å². The standard InChI is InChI=1S/C26H18N2O2/c29-25(22-17-9-15-18-10-7-8-16-21(18)22)28-26-27-23(19-11-3-1-4-12-19)24(30-26)20-13-5-2-6-14-20/h1-17H,(H,27,28,29). The van der Waals surface area contributed by atoms with Crippen LogP contribution >= 0.6 is 0 Å². The van der Waals surface area contributed by atoms with Crippen LogP contribution in [0.2, 0.25) is 0 Å². The van der Waals surface area contributed by atoms with Gasteiger partial charge in [0, 0.05) is 16.7 Å². The number of amides is 1. The van der Waals surface area contributed by atoms with Crippen molar-refractivity contribution < 1.29 is 9.21 Å². The van der Waals surface area contributed by atoms with E-state index in [1.807, 2.05) is 97.1 Å². The molecule has 1 amide bonds. The molecule has 1 aromatic heterocycles. The highest BCUT2D eigenvalue weighted by Gasteiger charge is 2.19. The second kappa shape index (κ2) is 7.68. The van der Waals surface area contributed by atoms with Gasteiger partial charge in [-0.25, -0.2) is 0 Å². The molecule has 0 radical (unpaired) electrons. The van der Waals surface area contributed by atoms with Gasteiger partial charge in [0.05, 0.1) is 0 Å². The fourth-order valence-electron chi connectivity index (χ4n) is 3.54. The molecule has 0 saturated heterocycles. The Kier molecular flexibility index (Phi) is 4.58. The number of aromatic nitrogens is 1. The first kappa shape index (κ1) is 17.9. The van der Waals surface area contributed by atoms with Crippen molar-refractivity contribution in [2.75, 3.05) is 5.32 Å². The monoisotopic (exact) mass is 390 g/mol. The molecule has 5 rings (SSSR count). The highest BCUT2D eigenvalue weighted by molar-refractivity contribution is 6.12. The lowest BCUT2D eigenvalue weighted by Crippen LogP contribution is -2.12. The number of nitrogens with zero attached hydrogens (tertiary/aromatic N) is 1. The third kappa shape index (κ3) is 3.35. The Morgan fingerprint density at radius 1 is 0.700 bits per heavy atom. The molecule has 1 heterocycles. The predicted octanol–water partition coefficient (Wildman–Crippen LogP) is 6.41. The largest absolute Gasteiger partial charge is 0.423 e. The molecular weight excluding hydrogens is 372 g/mol. The number of benzene rings is 4. The summed E-state index contributed by atoms with van der Waals surface area (Å²) in [5.41, 5.74) is 3.09. The molecular formula is C26H18N2O2. The van der Waals surface area contributed by atoms with Gasteiger partial charge in [-0.05, 0) is 16.8 Å². The number of hydrogen-bond acceptors (Lipinski definition) is 3. The van der Waals surface area contributed by atoms with Crippen LogP contribution in [0.3, 0.4) is 0 Å². The molecule has 144 valence electrons. The van der Waals surface area contributed by atoms with Crippen LogP contribution in [0.1, 0.15) is 10.4 Å². The Labute approximate surface area is 173 Å². The van der Waals surface area contributed by atoms with E-state index in [4.69, 9.17) is 4.42 Å². The van der Waals surface area contributed by atoms with Gasteiger partial charge in [0.1, 0.15) is 5.69 Å². The van der Waals surface area contributed by atoms with Crippen LogP contribution in [0.4, 0.5) is 6.01 Å². The maximum atomic E-state index is 13.0. The maximum absolute atomic E-state index is 13.0. The van der Waals surface area contributed by atoms with E-state index >= 15 is 0 Å². The zero-order valence-electron chi connectivity index (χ0n) is 16.1. The summed E-state index contributed by atoms with van der Waals surface area (Å²) in [4.78, 5) is 17.6. The van der Waals surface area contributed by atoms with Crippen molar-refractivity contribution in [2.24, 2.45) is 0 Å². The average Bonchev–Trinajstić information content (AvgIpc) is 3.23. The van der Waals surface area contributed by atoms with Crippen molar-refractivity contribution >= 4 is 22.7 Å². The summed E-state index contributed by atoms with van der Waals surface area (Å²) in [5.74, 6) is 0.363. The van der Waals surface area contributed by atoms with E-state index < -0.39 is 0 Å². The van der Waals surface area contributed by atoms with Crippen LogP contribution in [-0.2, 0) is 0 Å². The molecule has 1 N–H and O–H groups in total. The minimum atomic E-state index is -0.257. The van der Waals surface area contributed by atoms with Crippen LogP contribution in [0.5, 0.6) is 0 Å². The molecule has 0 aliphatic rings. The Morgan fingerprint density at radius 3 is 2.10 bits per heavy atom. The zero-order chi connectivity index (χ0) is 20.3. The maximum Gasteiger partial charge on any atom is 0.302 e. The van der Waals surface area contributed by atoms with Gasteiger partial charge in [-0.2, -0.15) is 4.98 Å². The lowest BCUT2D eigenvalue weighted by molar-refractivity contribution is 0.102. The van der Waals surface area contributed by atoms with Crippen molar-refractivity contribution in [3.63, 3.8) is 0 Å². The van der Waals surface area contributed by atoms with Crippen LogP contribution in [0.25, 0.3) is 33.4 Å². The molecule has 0 aliphatic heterocycles. The molecule has 30 heavy (non-hydrogen) atoms. The Bertz CT molecular complexity index is 1260. The number of fused-ring (bicyclic) bond motifs is 1. The third-order valence-corrected chi connectivity index (χ3v) is 4.97. The van der Waals surface area contributed by atoms with Gasteiger partial charge in [-0.15, -0.1) is 0 Å². The Balaban J connectivity index is 1.55. The Morgan fingerprint density at radius 2 is 1.33 bits per heavy atom. The zero-order valence-corrected chi connectivity index (χ0v) is 16.1. The van der Waals surface area contributed by atoms with E-state index in [1.165, 1.54) is 0 Å². The average molecular weight is 390 g/mol. The summed E-state index contributed by atoms with van der Waals surface area (Å²) in [5, 5.41) is 4.73. The second-order valence-electron chi connectivity index (χ2n) is 6.91. The number of carbonyl (C=O) groups excluding carboxylic acids is 1. The van der Waals surface area contributed by atoms with Crippen LogP contribution in [0.15, 0.2) is 108 Å². The van der Waals surface area contributed by atoms with Crippen molar-refractivity contribution in [3.8, 4) is 22.6 Å². The normalized spacial score (nSPS) is 10.8. The number of rotatable bonds is 4. The minimum Gasteiger partial charge on any atom is -0.423 e. The molecule has 5 aromatic rings. The molecule has 4 aromatic carbocycles. The summed E-state index contributed by atoms with van der Waals surface area (Å²) in [6.07, 6.45) is 0. The first-order valence-corrected chi connectivity index (χ1v) is 9.70. The van der Waals surface area contributed by atoms with Crippen LogP contribution in [0, 0.1) is 0 Å². The third-order valence-electron chi connectivity index (χ3n) is 4.97. The summed E-state index contributed by atoms with van der Waals surface area (Å²) >= 11 is 0. The van der Waals surface area contributed by atoms with E-state index in [-0.39, 0.29) is 11.9 Å². The summed E-state index contributed by atoms with van der Waals surface area (Å²) in [6.45, 7) is 0. The summed E-state index contributed by atoms with van der Waals surface area (Å²) in [6, 6.07) is 33.2. The first-order chi connectivity index (χ1) is 14.8. The number of anilines is 1. The van der Waals surface area contributed by atoms with E-state index in [1.54, 1.807) is 6.07 Å². The smallest absolute Gasteiger partial charge is 0.302 e. The molecule has 0 fully saturated rings.